The minimum atomic E-state index is 0. The first-order chi connectivity index (χ1) is 9.25. The summed E-state index contributed by atoms with van der Waals surface area (Å²) >= 11 is 0. The third-order valence-electron chi connectivity index (χ3n) is 4.56. The van der Waals surface area contributed by atoms with Crippen LogP contribution in [0.1, 0.15) is 49.8 Å². The van der Waals surface area contributed by atoms with Crippen molar-refractivity contribution in [2.45, 2.75) is 38.6 Å². The van der Waals surface area contributed by atoms with Crippen molar-refractivity contribution in [3.8, 4) is 0 Å². The molecule has 2 nitrogen and oxygen atoms in total. The standard InChI is InChI=1S/C17H26N2.2ClH/c1-13(2)14-3-5-15(6-4-14)17(16-7-8-16)19-11-9-18-10-12-19;;/h3-6,13,16-18H,7-12H2,1-2H3;2*1H/t17-;;/m1../s1. The predicted molar refractivity (Wildman–Crippen MR) is 94.9 cm³/mol. The van der Waals surface area contributed by atoms with Crippen LogP contribution in [0.3, 0.4) is 0 Å². The highest BCUT2D eigenvalue weighted by Crippen LogP contribution is 2.44. The zero-order chi connectivity index (χ0) is 13.2. The number of nitrogens with zero attached hydrogens (tertiary/aromatic N) is 1. The van der Waals surface area contributed by atoms with Gasteiger partial charge in [-0.1, -0.05) is 38.1 Å². The summed E-state index contributed by atoms with van der Waals surface area (Å²) in [5, 5.41) is 3.46. The lowest BCUT2D eigenvalue weighted by atomic mass is 9.95. The maximum atomic E-state index is 3.46. The Morgan fingerprint density at radius 1 is 0.952 bits per heavy atom. The smallest absolute Gasteiger partial charge is 0.0377 e. The van der Waals surface area contributed by atoms with Crippen LogP contribution in [0.15, 0.2) is 24.3 Å². The fourth-order valence-electron chi connectivity index (χ4n) is 3.23. The number of rotatable bonds is 4. The van der Waals surface area contributed by atoms with Crippen LogP contribution >= 0.6 is 24.8 Å². The molecule has 0 amide bonds. The lowest BCUT2D eigenvalue weighted by Gasteiger charge is -2.35. The molecular weight excluding hydrogens is 303 g/mol. The summed E-state index contributed by atoms with van der Waals surface area (Å²) in [7, 11) is 0. The molecule has 0 radical (unpaired) electrons. The summed E-state index contributed by atoms with van der Waals surface area (Å²) in [6.45, 7) is 9.23. The molecule has 4 heteroatoms. The van der Waals surface area contributed by atoms with E-state index in [1.807, 2.05) is 0 Å². The van der Waals surface area contributed by atoms with Gasteiger partial charge in [0.15, 0.2) is 0 Å². The summed E-state index contributed by atoms with van der Waals surface area (Å²) in [4.78, 5) is 2.69. The number of piperazine rings is 1. The molecule has 1 saturated heterocycles. The van der Waals surface area contributed by atoms with E-state index in [0.29, 0.717) is 12.0 Å². The molecule has 2 fully saturated rings. The van der Waals surface area contributed by atoms with Crippen molar-refractivity contribution >= 4 is 24.8 Å². The Morgan fingerprint density at radius 2 is 1.48 bits per heavy atom. The largest absolute Gasteiger partial charge is 0.314 e. The summed E-state index contributed by atoms with van der Waals surface area (Å²) in [6.07, 6.45) is 2.83. The first-order valence-electron chi connectivity index (χ1n) is 7.80. The molecule has 1 N–H and O–H groups in total. The number of nitrogens with one attached hydrogen (secondary N) is 1. The van der Waals surface area contributed by atoms with Crippen LogP contribution in [-0.2, 0) is 0 Å². The molecule has 1 aliphatic heterocycles. The molecule has 1 aromatic carbocycles. The van der Waals surface area contributed by atoms with Crippen LogP contribution in [0.25, 0.3) is 0 Å². The van der Waals surface area contributed by atoms with Gasteiger partial charge in [0.1, 0.15) is 0 Å². The van der Waals surface area contributed by atoms with Crippen molar-refractivity contribution in [1.82, 2.24) is 10.2 Å². The highest BCUT2D eigenvalue weighted by Gasteiger charge is 2.36. The second kappa shape index (κ2) is 8.38. The van der Waals surface area contributed by atoms with Gasteiger partial charge in [-0.05, 0) is 35.8 Å². The molecule has 1 atom stereocenters. The van der Waals surface area contributed by atoms with Crippen molar-refractivity contribution < 1.29 is 0 Å². The summed E-state index contributed by atoms with van der Waals surface area (Å²) in [6, 6.07) is 10.1. The Labute approximate surface area is 141 Å². The summed E-state index contributed by atoms with van der Waals surface area (Å²) in [5.74, 6) is 1.54. The van der Waals surface area contributed by atoms with Crippen LogP contribution < -0.4 is 5.32 Å². The normalized spacial score (nSPS) is 20.5. The van der Waals surface area contributed by atoms with Crippen molar-refractivity contribution in [2.75, 3.05) is 26.2 Å². The Kier molecular flexibility index (Phi) is 7.49. The maximum absolute atomic E-state index is 3.46. The highest BCUT2D eigenvalue weighted by atomic mass is 35.5. The Bertz CT molecular complexity index is 409. The minimum Gasteiger partial charge on any atom is -0.314 e. The van der Waals surface area contributed by atoms with E-state index in [1.54, 1.807) is 0 Å². The molecule has 2 aliphatic rings. The van der Waals surface area contributed by atoms with E-state index in [0.717, 1.165) is 19.0 Å². The van der Waals surface area contributed by atoms with Gasteiger partial charge in [0.2, 0.25) is 0 Å². The molecule has 1 saturated carbocycles. The second-order valence-electron chi connectivity index (χ2n) is 6.39. The van der Waals surface area contributed by atoms with Crippen LogP contribution in [0.2, 0.25) is 0 Å². The topological polar surface area (TPSA) is 15.3 Å². The number of benzene rings is 1. The van der Waals surface area contributed by atoms with Gasteiger partial charge >= 0.3 is 0 Å². The third-order valence-corrected chi connectivity index (χ3v) is 4.56. The third kappa shape index (κ3) is 4.59. The number of hydrogen-bond donors (Lipinski definition) is 1. The van der Waals surface area contributed by atoms with Gasteiger partial charge in [-0.3, -0.25) is 4.90 Å². The Morgan fingerprint density at radius 3 is 1.95 bits per heavy atom. The van der Waals surface area contributed by atoms with Gasteiger partial charge < -0.3 is 5.32 Å². The fourth-order valence-corrected chi connectivity index (χ4v) is 3.23. The molecule has 0 aromatic heterocycles. The summed E-state index contributed by atoms with van der Waals surface area (Å²) < 4.78 is 0. The fraction of sp³-hybridized carbons (Fsp3) is 0.647. The zero-order valence-electron chi connectivity index (χ0n) is 13.0. The van der Waals surface area contributed by atoms with Gasteiger partial charge in [-0.2, -0.15) is 0 Å². The van der Waals surface area contributed by atoms with E-state index < -0.39 is 0 Å². The molecule has 3 rings (SSSR count). The maximum Gasteiger partial charge on any atom is 0.0377 e. The minimum absolute atomic E-state index is 0. The van der Waals surface area contributed by atoms with E-state index in [4.69, 9.17) is 0 Å². The van der Waals surface area contributed by atoms with E-state index in [-0.39, 0.29) is 24.8 Å². The van der Waals surface area contributed by atoms with Crippen LogP contribution in [-0.4, -0.2) is 31.1 Å². The zero-order valence-corrected chi connectivity index (χ0v) is 14.7. The SMILES string of the molecule is CC(C)c1ccc([C@H](C2CC2)N2CCNCC2)cc1.Cl.Cl. The molecule has 1 aliphatic carbocycles. The van der Waals surface area contributed by atoms with Gasteiger partial charge in [0, 0.05) is 32.2 Å². The lowest BCUT2D eigenvalue weighted by molar-refractivity contribution is 0.156. The van der Waals surface area contributed by atoms with Gasteiger partial charge in [0.05, 0.1) is 0 Å². The van der Waals surface area contributed by atoms with E-state index in [2.05, 4.69) is 48.3 Å². The van der Waals surface area contributed by atoms with Gasteiger partial charge in [-0.25, -0.2) is 0 Å². The monoisotopic (exact) mass is 330 g/mol. The van der Waals surface area contributed by atoms with E-state index >= 15 is 0 Å². The van der Waals surface area contributed by atoms with Crippen molar-refractivity contribution in [1.29, 1.82) is 0 Å². The Hall–Kier alpha value is -0.280. The van der Waals surface area contributed by atoms with E-state index in [1.165, 1.54) is 37.1 Å². The number of halogens is 2. The lowest BCUT2D eigenvalue weighted by Crippen LogP contribution is -2.45. The first kappa shape index (κ1) is 18.8. The van der Waals surface area contributed by atoms with Gasteiger partial charge in [-0.15, -0.1) is 24.8 Å². The van der Waals surface area contributed by atoms with Crippen molar-refractivity contribution in [3.63, 3.8) is 0 Å². The van der Waals surface area contributed by atoms with Crippen LogP contribution in [0, 0.1) is 5.92 Å². The molecule has 21 heavy (non-hydrogen) atoms. The first-order valence-corrected chi connectivity index (χ1v) is 7.80. The average molecular weight is 331 g/mol. The Balaban J connectivity index is 0.00000110. The van der Waals surface area contributed by atoms with Crippen LogP contribution in [0.5, 0.6) is 0 Å². The van der Waals surface area contributed by atoms with Gasteiger partial charge in [0.25, 0.3) is 0 Å². The molecule has 1 heterocycles. The van der Waals surface area contributed by atoms with Crippen molar-refractivity contribution in [2.24, 2.45) is 5.92 Å². The van der Waals surface area contributed by atoms with Crippen molar-refractivity contribution in [3.05, 3.63) is 35.4 Å². The quantitative estimate of drug-likeness (QED) is 0.897. The average Bonchev–Trinajstić information content (AvgIpc) is 3.25. The molecular formula is C17H28Cl2N2. The summed E-state index contributed by atoms with van der Waals surface area (Å²) in [5.41, 5.74) is 2.99. The molecule has 0 spiro atoms. The highest BCUT2D eigenvalue weighted by molar-refractivity contribution is 5.85. The molecule has 120 valence electrons. The molecule has 0 unspecified atom stereocenters. The number of hydrogen-bond acceptors (Lipinski definition) is 2. The van der Waals surface area contributed by atoms with Crippen LogP contribution in [0.4, 0.5) is 0 Å². The molecule has 1 aromatic rings. The van der Waals surface area contributed by atoms with E-state index in [9.17, 15) is 0 Å². The second-order valence-corrected chi connectivity index (χ2v) is 6.39. The predicted octanol–water partition coefficient (Wildman–Crippen LogP) is 4.01. The molecule has 0 bridgehead atoms.